The lowest BCUT2D eigenvalue weighted by molar-refractivity contribution is -0.120. The fourth-order valence-electron chi connectivity index (χ4n) is 3.59. The molecule has 0 aliphatic carbocycles. The van der Waals surface area contributed by atoms with Crippen molar-refractivity contribution < 1.29 is 9.21 Å². The van der Waals surface area contributed by atoms with Crippen LogP contribution < -0.4 is 15.8 Å². The first kappa shape index (κ1) is 20.6. The molecule has 0 radical (unpaired) electrons. The van der Waals surface area contributed by atoms with Crippen LogP contribution in [0.5, 0.6) is 0 Å². The van der Waals surface area contributed by atoms with Gasteiger partial charge in [0.1, 0.15) is 5.58 Å². The minimum Gasteiger partial charge on any atom is -0.422 e. The summed E-state index contributed by atoms with van der Waals surface area (Å²) in [4.78, 5) is 27.1. The maximum Gasteiger partial charge on any atom is 0.340 e. The molecule has 0 spiro atoms. The molecule has 3 rings (SSSR count). The Morgan fingerprint density at radius 3 is 2.48 bits per heavy atom. The first-order valence-electron chi connectivity index (χ1n) is 10.1. The number of benzene rings is 2. The van der Waals surface area contributed by atoms with Crippen LogP contribution in [0.2, 0.25) is 0 Å². The van der Waals surface area contributed by atoms with E-state index < -0.39 is 5.63 Å². The molecule has 0 saturated heterocycles. The van der Waals surface area contributed by atoms with Crippen LogP contribution in [0.4, 0.5) is 5.69 Å². The summed E-state index contributed by atoms with van der Waals surface area (Å²) < 4.78 is 5.57. The van der Waals surface area contributed by atoms with E-state index >= 15 is 0 Å². The Kier molecular flexibility index (Phi) is 6.70. The fraction of sp³-hybridized carbons (Fsp3) is 0.333. The van der Waals surface area contributed by atoms with Crippen LogP contribution in [-0.4, -0.2) is 25.5 Å². The van der Waals surface area contributed by atoms with Crippen LogP contribution in [0.25, 0.3) is 11.0 Å². The van der Waals surface area contributed by atoms with Gasteiger partial charge in [0, 0.05) is 36.8 Å². The second-order valence-electron chi connectivity index (χ2n) is 7.11. The molecular weight excluding hydrogens is 364 g/mol. The highest BCUT2D eigenvalue weighted by atomic mass is 16.4. The van der Waals surface area contributed by atoms with Crippen molar-refractivity contribution in [3.63, 3.8) is 0 Å². The summed E-state index contributed by atoms with van der Waals surface area (Å²) in [6.07, 6.45) is 0.780. The highest BCUT2D eigenvalue weighted by Crippen LogP contribution is 2.25. The van der Waals surface area contributed by atoms with Crippen molar-refractivity contribution in [3.8, 4) is 0 Å². The number of hydrogen-bond acceptors (Lipinski definition) is 4. The number of carbonyl (C=O) groups excluding carboxylic acids is 1. The molecule has 1 amide bonds. The van der Waals surface area contributed by atoms with E-state index in [0.717, 1.165) is 36.1 Å². The van der Waals surface area contributed by atoms with Gasteiger partial charge in [-0.05, 0) is 50.5 Å². The lowest BCUT2D eigenvalue weighted by atomic mass is 10.0. The van der Waals surface area contributed by atoms with E-state index in [2.05, 4.69) is 24.1 Å². The minimum atomic E-state index is -0.440. The van der Waals surface area contributed by atoms with Crippen molar-refractivity contribution in [1.29, 1.82) is 0 Å². The molecule has 0 aliphatic heterocycles. The molecule has 0 aliphatic rings. The lowest BCUT2D eigenvalue weighted by Crippen LogP contribution is -2.29. The van der Waals surface area contributed by atoms with Crippen LogP contribution in [0, 0.1) is 6.92 Å². The summed E-state index contributed by atoms with van der Waals surface area (Å²) >= 11 is 0. The average molecular weight is 392 g/mol. The smallest absolute Gasteiger partial charge is 0.340 e. The van der Waals surface area contributed by atoms with E-state index in [1.54, 1.807) is 0 Å². The topological polar surface area (TPSA) is 62.6 Å². The monoisotopic (exact) mass is 392 g/mol. The molecule has 5 heteroatoms. The highest BCUT2D eigenvalue weighted by Gasteiger charge is 2.16. The number of amides is 1. The van der Waals surface area contributed by atoms with Gasteiger partial charge in [0.15, 0.2) is 0 Å². The zero-order valence-corrected chi connectivity index (χ0v) is 17.3. The zero-order valence-electron chi connectivity index (χ0n) is 17.3. The van der Waals surface area contributed by atoms with Gasteiger partial charge in [-0.25, -0.2) is 4.79 Å². The molecule has 2 aromatic carbocycles. The van der Waals surface area contributed by atoms with Gasteiger partial charge in [0.05, 0.1) is 12.0 Å². The van der Waals surface area contributed by atoms with E-state index in [0.29, 0.717) is 17.7 Å². The van der Waals surface area contributed by atoms with Gasteiger partial charge in [-0.2, -0.15) is 0 Å². The standard InChI is InChI=1S/C24H28N2O3/c1-4-26(5-2)19-11-12-20-17(3)21(24(28)29-22(20)15-19)16-23(27)25-14-13-18-9-7-6-8-10-18/h6-12,15H,4-5,13-14,16H2,1-3H3,(H,25,27). The fourth-order valence-corrected chi connectivity index (χ4v) is 3.59. The summed E-state index contributed by atoms with van der Waals surface area (Å²) in [5.74, 6) is -0.171. The number of nitrogens with one attached hydrogen (secondary N) is 1. The van der Waals surface area contributed by atoms with Crippen LogP contribution >= 0.6 is 0 Å². The Hall–Kier alpha value is -3.08. The maximum atomic E-state index is 12.5. The van der Waals surface area contributed by atoms with Crippen molar-refractivity contribution in [3.05, 3.63) is 75.6 Å². The highest BCUT2D eigenvalue weighted by molar-refractivity contribution is 5.86. The number of fused-ring (bicyclic) bond motifs is 1. The van der Waals surface area contributed by atoms with E-state index in [4.69, 9.17) is 4.42 Å². The summed E-state index contributed by atoms with van der Waals surface area (Å²) in [6.45, 7) is 8.36. The van der Waals surface area contributed by atoms with Crippen molar-refractivity contribution >= 4 is 22.6 Å². The van der Waals surface area contributed by atoms with Crippen LogP contribution in [-0.2, 0) is 17.6 Å². The molecule has 152 valence electrons. The van der Waals surface area contributed by atoms with E-state index in [1.165, 1.54) is 5.56 Å². The van der Waals surface area contributed by atoms with Gasteiger partial charge >= 0.3 is 5.63 Å². The number of hydrogen-bond donors (Lipinski definition) is 1. The zero-order chi connectivity index (χ0) is 20.8. The van der Waals surface area contributed by atoms with Crippen LogP contribution in [0.3, 0.4) is 0 Å². The predicted molar refractivity (Wildman–Crippen MR) is 118 cm³/mol. The molecule has 1 aromatic heterocycles. The summed E-state index contributed by atoms with van der Waals surface area (Å²) in [5, 5.41) is 3.76. The van der Waals surface area contributed by atoms with E-state index in [1.807, 2.05) is 55.5 Å². The molecule has 3 aromatic rings. The molecule has 0 saturated carbocycles. The van der Waals surface area contributed by atoms with Gasteiger partial charge in [-0.3, -0.25) is 4.79 Å². The van der Waals surface area contributed by atoms with Gasteiger partial charge in [-0.15, -0.1) is 0 Å². The van der Waals surface area contributed by atoms with Crippen molar-refractivity contribution in [1.82, 2.24) is 5.32 Å². The van der Waals surface area contributed by atoms with Crippen LogP contribution in [0.15, 0.2) is 57.7 Å². The number of rotatable bonds is 8. The Balaban J connectivity index is 1.74. The van der Waals surface area contributed by atoms with Crippen molar-refractivity contribution in [2.75, 3.05) is 24.5 Å². The molecule has 29 heavy (non-hydrogen) atoms. The minimum absolute atomic E-state index is 0.0245. The van der Waals surface area contributed by atoms with Gasteiger partial charge in [0.2, 0.25) is 5.91 Å². The Morgan fingerprint density at radius 2 is 1.79 bits per heavy atom. The predicted octanol–water partition coefficient (Wildman–Crippen LogP) is 3.85. The molecule has 0 bridgehead atoms. The third-order valence-electron chi connectivity index (χ3n) is 5.32. The average Bonchev–Trinajstić information content (AvgIpc) is 2.72. The quantitative estimate of drug-likeness (QED) is 0.592. The normalized spacial score (nSPS) is 10.9. The molecule has 0 atom stereocenters. The van der Waals surface area contributed by atoms with Crippen molar-refractivity contribution in [2.45, 2.75) is 33.6 Å². The van der Waals surface area contributed by atoms with E-state index in [9.17, 15) is 9.59 Å². The van der Waals surface area contributed by atoms with Crippen molar-refractivity contribution in [2.24, 2.45) is 0 Å². The molecule has 0 unspecified atom stereocenters. The largest absolute Gasteiger partial charge is 0.422 e. The van der Waals surface area contributed by atoms with E-state index in [-0.39, 0.29) is 12.3 Å². The second-order valence-corrected chi connectivity index (χ2v) is 7.11. The summed E-state index contributed by atoms with van der Waals surface area (Å²) in [5.41, 5.74) is 3.54. The Bertz CT molecular complexity index is 1040. The first-order valence-corrected chi connectivity index (χ1v) is 10.1. The number of carbonyl (C=O) groups is 1. The van der Waals surface area contributed by atoms with Crippen LogP contribution in [0.1, 0.15) is 30.5 Å². The third-order valence-corrected chi connectivity index (χ3v) is 5.32. The molecule has 0 fully saturated rings. The van der Waals surface area contributed by atoms with Gasteiger partial charge in [0.25, 0.3) is 0 Å². The first-order chi connectivity index (χ1) is 14.0. The Labute approximate surface area is 171 Å². The second kappa shape index (κ2) is 9.41. The third kappa shape index (κ3) is 4.86. The van der Waals surface area contributed by atoms with Gasteiger partial charge < -0.3 is 14.6 Å². The molecule has 1 N–H and O–H groups in total. The van der Waals surface area contributed by atoms with Gasteiger partial charge in [-0.1, -0.05) is 30.3 Å². The number of anilines is 1. The number of nitrogens with zero attached hydrogens (tertiary/aromatic N) is 1. The summed E-state index contributed by atoms with van der Waals surface area (Å²) in [6, 6.07) is 15.9. The lowest BCUT2D eigenvalue weighted by Gasteiger charge is -2.21. The molecule has 1 heterocycles. The number of aryl methyl sites for hydroxylation is 1. The Morgan fingerprint density at radius 1 is 1.07 bits per heavy atom. The summed E-state index contributed by atoms with van der Waals surface area (Å²) in [7, 11) is 0. The SMILES string of the molecule is CCN(CC)c1ccc2c(C)c(CC(=O)NCCc3ccccc3)c(=O)oc2c1. The molecule has 5 nitrogen and oxygen atoms in total. The maximum absolute atomic E-state index is 12.5. The molecular formula is C24H28N2O3.